The molecule has 3 unspecified atom stereocenters. The van der Waals surface area contributed by atoms with Gasteiger partial charge in [0.25, 0.3) is 0 Å². The highest BCUT2D eigenvalue weighted by Crippen LogP contribution is 2.29. The lowest BCUT2D eigenvalue weighted by Gasteiger charge is -2.37. The van der Waals surface area contributed by atoms with E-state index in [4.69, 9.17) is 5.73 Å². The fraction of sp³-hybridized carbons (Fsp3) is 1.00. The molecule has 2 fully saturated rings. The minimum absolute atomic E-state index is 0.475. The van der Waals surface area contributed by atoms with Crippen LogP contribution in [0, 0.1) is 11.8 Å². The summed E-state index contributed by atoms with van der Waals surface area (Å²) < 4.78 is 0. The Bertz CT molecular complexity index is 187. The molecule has 0 spiro atoms. The molecule has 0 aromatic carbocycles. The quantitative estimate of drug-likeness (QED) is 0.757. The summed E-state index contributed by atoms with van der Waals surface area (Å²) in [5.74, 6) is 1.67. The van der Waals surface area contributed by atoms with Gasteiger partial charge < -0.3 is 10.6 Å². The van der Waals surface area contributed by atoms with Gasteiger partial charge >= 0.3 is 0 Å². The maximum atomic E-state index is 6.23. The molecule has 0 amide bonds. The molecule has 0 bridgehead atoms. The molecule has 1 saturated carbocycles. The van der Waals surface area contributed by atoms with Gasteiger partial charge in [0.05, 0.1) is 0 Å². The Labute approximate surface area is 94.2 Å². The number of likely N-dealkylation sites (tertiary alicyclic amines) is 1. The molecule has 2 N–H and O–H groups in total. The first-order valence-corrected chi connectivity index (χ1v) is 6.73. The van der Waals surface area contributed by atoms with Crippen molar-refractivity contribution in [3.05, 3.63) is 0 Å². The van der Waals surface area contributed by atoms with Gasteiger partial charge in [-0.15, -0.1) is 0 Å². The van der Waals surface area contributed by atoms with Crippen molar-refractivity contribution in [2.75, 3.05) is 19.6 Å². The monoisotopic (exact) mass is 210 g/mol. The van der Waals surface area contributed by atoms with E-state index in [-0.39, 0.29) is 0 Å². The number of hydrogen-bond donors (Lipinski definition) is 1. The fourth-order valence-electron chi connectivity index (χ4n) is 3.21. The SMILES string of the molecule is CC1CCC(N)C(CN2CCCCC2)C1. The third-order valence-corrected chi connectivity index (χ3v) is 4.24. The van der Waals surface area contributed by atoms with Gasteiger partial charge in [-0.1, -0.05) is 13.3 Å². The number of rotatable bonds is 2. The molecule has 0 radical (unpaired) electrons. The normalized spacial score (nSPS) is 39.2. The van der Waals surface area contributed by atoms with E-state index < -0.39 is 0 Å². The third kappa shape index (κ3) is 3.18. The van der Waals surface area contributed by atoms with Gasteiger partial charge in [0, 0.05) is 12.6 Å². The lowest BCUT2D eigenvalue weighted by Crippen LogP contribution is -2.44. The number of nitrogens with two attached hydrogens (primary N) is 1. The number of piperidine rings is 1. The van der Waals surface area contributed by atoms with Crippen LogP contribution in [0.3, 0.4) is 0 Å². The van der Waals surface area contributed by atoms with Crippen LogP contribution in [0.15, 0.2) is 0 Å². The van der Waals surface area contributed by atoms with Crippen LogP contribution in [0.4, 0.5) is 0 Å². The molecular formula is C13H26N2. The minimum atomic E-state index is 0.475. The predicted molar refractivity (Wildman–Crippen MR) is 64.8 cm³/mol. The van der Waals surface area contributed by atoms with Gasteiger partial charge in [-0.3, -0.25) is 0 Å². The highest BCUT2D eigenvalue weighted by molar-refractivity contribution is 4.83. The zero-order chi connectivity index (χ0) is 10.7. The van der Waals surface area contributed by atoms with Gasteiger partial charge in [-0.25, -0.2) is 0 Å². The topological polar surface area (TPSA) is 29.3 Å². The summed E-state index contributed by atoms with van der Waals surface area (Å²) in [4.78, 5) is 2.64. The molecule has 0 aromatic rings. The third-order valence-electron chi connectivity index (χ3n) is 4.24. The Hall–Kier alpha value is -0.0800. The van der Waals surface area contributed by atoms with Crippen LogP contribution in [0.2, 0.25) is 0 Å². The van der Waals surface area contributed by atoms with Crippen molar-refractivity contribution >= 4 is 0 Å². The van der Waals surface area contributed by atoms with Crippen LogP contribution in [0.5, 0.6) is 0 Å². The van der Waals surface area contributed by atoms with Crippen LogP contribution in [-0.2, 0) is 0 Å². The average molecular weight is 210 g/mol. The maximum Gasteiger partial charge on any atom is 0.00795 e. The lowest BCUT2D eigenvalue weighted by molar-refractivity contribution is 0.144. The average Bonchev–Trinajstić information content (AvgIpc) is 2.25. The fourth-order valence-corrected chi connectivity index (χ4v) is 3.21. The summed E-state index contributed by atoms with van der Waals surface area (Å²) in [5.41, 5.74) is 6.23. The Morgan fingerprint density at radius 2 is 1.87 bits per heavy atom. The van der Waals surface area contributed by atoms with Crippen LogP contribution < -0.4 is 5.73 Å². The minimum Gasteiger partial charge on any atom is -0.327 e. The van der Waals surface area contributed by atoms with E-state index >= 15 is 0 Å². The molecule has 1 aliphatic heterocycles. The van der Waals surface area contributed by atoms with Gasteiger partial charge in [0.1, 0.15) is 0 Å². The summed E-state index contributed by atoms with van der Waals surface area (Å²) in [6, 6.07) is 0.475. The number of nitrogens with zero attached hydrogens (tertiary/aromatic N) is 1. The molecule has 2 aliphatic rings. The van der Waals surface area contributed by atoms with Gasteiger partial charge in [0.15, 0.2) is 0 Å². The first kappa shape index (κ1) is 11.4. The van der Waals surface area contributed by atoms with E-state index in [1.807, 2.05) is 0 Å². The van der Waals surface area contributed by atoms with Crippen molar-refractivity contribution < 1.29 is 0 Å². The van der Waals surface area contributed by atoms with E-state index in [9.17, 15) is 0 Å². The van der Waals surface area contributed by atoms with E-state index in [0.717, 1.165) is 11.8 Å². The summed E-state index contributed by atoms with van der Waals surface area (Å²) in [6.45, 7) is 6.29. The molecule has 15 heavy (non-hydrogen) atoms. The van der Waals surface area contributed by atoms with Gasteiger partial charge in [-0.05, 0) is 57.0 Å². The predicted octanol–water partition coefficient (Wildman–Crippen LogP) is 2.24. The van der Waals surface area contributed by atoms with Crippen LogP contribution in [-0.4, -0.2) is 30.6 Å². The zero-order valence-corrected chi connectivity index (χ0v) is 10.1. The first-order chi connectivity index (χ1) is 7.25. The molecule has 2 rings (SSSR count). The van der Waals surface area contributed by atoms with Crippen LogP contribution in [0.1, 0.15) is 45.4 Å². The van der Waals surface area contributed by atoms with Crippen LogP contribution in [0.25, 0.3) is 0 Å². The van der Waals surface area contributed by atoms with Crippen molar-refractivity contribution in [1.29, 1.82) is 0 Å². The zero-order valence-electron chi connectivity index (χ0n) is 10.1. The van der Waals surface area contributed by atoms with Crippen molar-refractivity contribution in [3.8, 4) is 0 Å². The highest BCUT2D eigenvalue weighted by atomic mass is 15.1. The first-order valence-electron chi connectivity index (χ1n) is 6.73. The molecule has 2 heteroatoms. The van der Waals surface area contributed by atoms with Crippen LogP contribution >= 0.6 is 0 Å². The summed E-state index contributed by atoms with van der Waals surface area (Å²) >= 11 is 0. The second kappa shape index (κ2) is 5.31. The van der Waals surface area contributed by atoms with Crippen molar-refractivity contribution in [1.82, 2.24) is 4.90 Å². The van der Waals surface area contributed by atoms with Crippen molar-refractivity contribution in [2.45, 2.75) is 51.5 Å². The van der Waals surface area contributed by atoms with E-state index in [1.54, 1.807) is 0 Å². The largest absolute Gasteiger partial charge is 0.327 e. The smallest absolute Gasteiger partial charge is 0.00795 e. The van der Waals surface area contributed by atoms with E-state index in [2.05, 4.69) is 11.8 Å². The maximum absolute atomic E-state index is 6.23. The Balaban J connectivity index is 1.80. The van der Waals surface area contributed by atoms with Crippen molar-refractivity contribution in [3.63, 3.8) is 0 Å². The summed E-state index contributed by atoms with van der Waals surface area (Å²) in [7, 11) is 0. The molecule has 1 saturated heterocycles. The second-order valence-corrected chi connectivity index (χ2v) is 5.70. The van der Waals surface area contributed by atoms with Crippen molar-refractivity contribution in [2.24, 2.45) is 17.6 Å². The Morgan fingerprint density at radius 1 is 1.13 bits per heavy atom. The molecular weight excluding hydrogens is 184 g/mol. The summed E-state index contributed by atoms with van der Waals surface area (Å²) in [6.07, 6.45) is 8.19. The Kier molecular flexibility index (Phi) is 4.04. The van der Waals surface area contributed by atoms with Gasteiger partial charge in [-0.2, -0.15) is 0 Å². The molecule has 2 nitrogen and oxygen atoms in total. The molecule has 1 aliphatic carbocycles. The Morgan fingerprint density at radius 3 is 2.60 bits per heavy atom. The van der Waals surface area contributed by atoms with E-state index in [0.29, 0.717) is 6.04 Å². The molecule has 88 valence electrons. The molecule has 3 atom stereocenters. The standard InChI is InChI=1S/C13H26N2/c1-11-5-6-13(14)12(9-11)10-15-7-3-2-4-8-15/h11-13H,2-10,14H2,1H3. The number of hydrogen-bond acceptors (Lipinski definition) is 2. The lowest BCUT2D eigenvalue weighted by atomic mass is 9.79. The highest BCUT2D eigenvalue weighted by Gasteiger charge is 2.27. The van der Waals surface area contributed by atoms with Gasteiger partial charge in [0.2, 0.25) is 0 Å². The second-order valence-electron chi connectivity index (χ2n) is 5.70. The van der Waals surface area contributed by atoms with E-state index in [1.165, 1.54) is 58.2 Å². The summed E-state index contributed by atoms with van der Waals surface area (Å²) in [5, 5.41) is 0. The molecule has 0 aromatic heterocycles. The molecule has 1 heterocycles.